The fraction of sp³-hybridized carbons (Fsp3) is 0.391. The van der Waals surface area contributed by atoms with Crippen molar-refractivity contribution in [1.82, 2.24) is 20.9 Å². The quantitative estimate of drug-likeness (QED) is 0.121. The molecule has 206 valence electrons. The molecule has 0 spiro atoms. The number of aromatic nitrogens is 1. The molecule has 15 nitrogen and oxygen atoms in total. The van der Waals surface area contributed by atoms with Gasteiger partial charge in [0.25, 0.3) is 0 Å². The summed E-state index contributed by atoms with van der Waals surface area (Å²) in [4.78, 5) is 75.3. The molecule has 2 rings (SSSR count). The molecule has 1 heterocycles. The van der Waals surface area contributed by atoms with Crippen LogP contribution in [-0.2, 0) is 35.2 Å². The number of nitrogens with two attached hydrogens (primary N) is 2. The van der Waals surface area contributed by atoms with Gasteiger partial charge in [0.2, 0.25) is 23.6 Å². The maximum Gasteiger partial charge on any atom is 0.328 e. The predicted octanol–water partition coefficient (Wildman–Crippen LogP) is -2.69. The number of hydrogen-bond donors (Lipinski definition) is 9. The molecule has 0 saturated carbocycles. The van der Waals surface area contributed by atoms with Crippen molar-refractivity contribution in [2.75, 3.05) is 0 Å². The molecule has 15 heteroatoms. The van der Waals surface area contributed by atoms with E-state index in [1.807, 2.05) is 0 Å². The van der Waals surface area contributed by atoms with Gasteiger partial charge in [-0.25, -0.2) is 4.79 Å². The molecular formula is C23H30N6O9. The largest absolute Gasteiger partial charge is 0.481 e. The topological polar surface area (TPSA) is 267 Å². The van der Waals surface area contributed by atoms with E-state index in [9.17, 15) is 44.1 Å². The fourth-order valence-electron chi connectivity index (χ4n) is 3.62. The second kappa shape index (κ2) is 13.2. The van der Waals surface area contributed by atoms with Crippen LogP contribution in [0.25, 0.3) is 10.9 Å². The van der Waals surface area contributed by atoms with Crippen molar-refractivity contribution in [3.8, 4) is 0 Å². The maximum atomic E-state index is 13.1. The summed E-state index contributed by atoms with van der Waals surface area (Å²) in [6, 6.07) is 0.732. The number of aromatic amines is 1. The van der Waals surface area contributed by atoms with Gasteiger partial charge in [-0.2, -0.15) is 0 Å². The third kappa shape index (κ3) is 8.28. The van der Waals surface area contributed by atoms with Gasteiger partial charge < -0.3 is 47.7 Å². The normalized spacial score (nSPS) is 14.9. The van der Waals surface area contributed by atoms with Crippen molar-refractivity contribution in [3.63, 3.8) is 0 Å². The first-order valence-electron chi connectivity index (χ1n) is 11.4. The second-order valence-electron chi connectivity index (χ2n) is 8.63. The van der Waals surface area contributed by atoms with Crippen LogP contribution in [0.3, 0.4) is 0 Å². The van der Waals surface area contributed by atoms with Crippen LogP contribution in [0.1, 0.15) is 25.3 Å². The number of carbonyl (C=O) groups excluding carboxylic acids is 4. The highest BCUT2D eigenvalue weighted by molar-refractivity contribution is 5.97. The van der Waals surface area contributed by atoms with E-state index in [4.69, 9.17) is 11.5 Å². The Morgan fingerprint density at radius 3 is 2.11 bits per heavy atom. The lowest BCUT2D eigenvalue weighted by Crippen LogP contribution is -2.59. The average Bonchev–Trinajstić information content (AvgIpc) is 3.23. The van der Waals surface area contributed by atoms with E-state index in [1.165, 1.54) is 0 Å². The number of aliphatic hydroxyl groups is 1. The fourth-order valence-corrected chi connectivity index (χ4v) is 3.62. The predicted molar refractivity (Wildman–Crippen MR) is 131 cm³/mol. The van der Waals surface area contributed by atoms with Crippen molar-refractivity contribution >= 4 is 46.5 Å². The number of benzene rings is 1. The Kier molecular flexibility index (Phi) is 10.3. The molecule has 0 bridgehead atoms. The lowest BCUT2D eigenvalue weighted by Gasteiger charge is -2.25. The Morgan fingerprint density at radius 2 is 1.53 bits per heavy atom. The van der Waals surface area contributed by atoms with Gasteiger partial charge >= 0.3 is 11.9 Å². The lowest BCUT2D eigenvalue weighted by molar-refractivity contribution is -0.145. The standard InChI is InChI=1S/C23H30N6O9/c1-10(30)19(23(37)38)29-22(36)15(6-11-9-26-14-5-3-2-4-12(11)14)28-21(35)16(8-18(32)33)27-20(34)13(24)7-17(25)31/h2-5,9-10,13,15-16,19,26,30H,6-8,24H2,1H3,(H2,25,31)(H,27,34)(H,28,35)(H,29,36)(H,32,33)(H,37,38). The monoisotopic (exact) mass is 534 g/mol. The van der Waals surface area contributed by atoms with Gasteiger partial charge in [0.05, 0.1) is 25.0 Å². The third-order valence-corrected chi connectivity index (χ3v) is 5.55. The van der Waals surface area contributed by atoms with Crippen LogP contribution in [0.2, 0.25) is 0 Å². The number of aliphatic carboxylic acids is 2. The molecule has 11 N–H and O–H groups in total. The number of carboxylic acid groups (broad SMARTS) is 2. The third-order valence-electron chi connectivity index (χ3n) is 5.55. The lowest BCUT2D eigenvalue weighted by atomic mass is 10.0. The van der Waals surface area contributed by atoms with Gasteiger partial charge in [-0.05, 0) is 18.6 Å². The molecule has 0 saturated heterocycles. The molecular weight excluding hydrogens is 504 g/mol. The number of primary amides is 1. The summed E-state index contributed by atoms with van der Waals surface area (Å²) in [5.41, 5.74) is 11.9. The molecule has 0 aliphatic carbocycles. The summed E-state index contributed by atoms with van der Waals surface area (Å²) in [7, 11) is 0. The number of para-hydroxylation sites is 1. The molecule has 38 heavy (non-hydrogen) atoms. The highest BCUT2D eigenvalue weighted by atomic mass is 16.4. The van der Waals surface area contributed by atoms with Gasteiger partial charge in [0.1, 0.15) is 12.1 Å². The van der Waals surface area contributed by atoms with E-state index in [-0.39, 0.29) is 6.42 Å². The molecule has 5 unspecified atom stereocenters. The van der Waals surface area contributed by atoms with Gasteiger partial charge in [-0.1, -0.05) is 18.2 Å². The molecule has 4 amide bonds. The zero-order chi connectivity index (χ0) is 28.6. The summed E-state index contributed by atoms with van der Waals surface area (Å²) in [6.07, 6.45) is -1.52. The van der Waals surface area contributed by atoms with E-state index >= 15 is 0 Å². The van der Waals surface area contributed by atoms with Crippen LogP contribution >= 0.6 is 0 Å². The van der Waals surface area contributed by atoms with Crippen molar-refractivity contribution in [2.45, 2.75) is 56.5 Å². The molecule has 1 aromatic carbocycles. The number of carboxylic acids is 2. The van der Waals surface area contributed by atoms with Crippen molar-refractivity contribution < 1.29 is 44.1 Å². The Labute approximate surface area is 215 Å². The minimum Gasteiger partial charge on any atom is -0.481 e. The number of amides is 4. The first-order valence-corrected chi connectivity index (χ1v) is 11.4. The number of nitrogens with one attached hydrogen (secondary N) is 4. The zero-order valence-corrected chi connectivity index (χ0v) is 20.3. The number of fused-ring (bicyclic) bond motifs is 1. The minimum absolute atomic E-state index is 0.164. The van der Waals surface area contributed by atoms with Gasteiger partial charge in [-0.15, -0.1) is 0 Å². The number of hydrogen-bond acceptors (Lipinski definition) is 8. The van der Waals surface area contributed by atoms with Crippen LogP contribution in [0.4, 0.5) is 0 Å². The van der Waals surface area contributed by atoms with E-state index in [0.29, 0.717) is 10.9 Å². The van der Waals surface area contributed by atoms with Crippen LogP contribution in [0.5, 0.6) is 0 Å². The van der Waals surface area contributed by atoms with E-state index < -0.39 is 78.7 Å². The summed E-state index contributed by atoms with van der Waals surface area (Å²) in [5.74, 6) is -6.98. The Morgan fingerprint density at radius 1 is 0.921 bits per heavy atom. The summed E-state index contributed by atoms with van der Waals surface area (Å²) < 4.78 is 0. The molecule has 0 radical (unpaired) electrons. The molecule has 2 aromatic rings. The molecule has 0 aliphatic rings. The molecule has 5 atom stereocenters. The van der Waals surface area contributed by atoms with Crippen LogP contribution < -0.4 is 27.4 Å². The average molecular weight is 535 g/mol. The first kappa shape index (κ1) is 29.7. The number of H-pyrrole nitrogens is 1. The zero-order valence-electron chi connectivity index (χ0n) is 20.3. The highest BCUT2D eigenvalue weighted by Crippen LogP contribution is 2.19. The smallest absolute Gasteiger partial charge is 0.328 e. The van der Waals surface area contributed by atoms with Crippen molar-refractivity contribution in [1.29, 1.82) is 0 Å². The van der Waals surface area contributed by atoms with Crippen LogP contribution in [0, 0.1) is 0 Å². The van der Waals surface area contributed by atoms with Crippen molar-refractivity contribution in [3.05, 3.63) is 36.0 Å². The maximum absolute atomic E-state index is 13.1. The summed E-state index contributed by atoms with van der Waals surface area (Å²) in [6.45, 7) is 1.15. The van der Waals surface area contributed by atoms with E-state index in [2.05, 4.69) is 20.9 Å². The van der Waals surface area contributed by atoms with Gasteiger partial charge in [0.15, 0.2) is 6.04 Å². The van der Waals surface area contributed by atoms with E-state index in [1.54, 1.807) is 30.5 Å². The molecule has 1 aromatic heterocycles. The Balaban J connectivity index is 2.33. The summed E-state index contributed by atoms with van der Waals surface area (Å²) >= 11 is 0. The van der Waals surface area contributed by atoms with Gasteiger partial charge in [-0.3, -0.25) is 24.0 Å². The molecule has 0 fully saturated rings. The number of carbonyl (C=O) groups is 6. The minimum atomic E-state index is -1.70. The van der Waals surface area contributed by atoms with Crippen LogP contribution in [-0.4, -0.2) is 86.1 Å². The number of aliphatic hydroxyl groups excluding tert-OH is 1. The summed E-state index contributed by atoms with van der Waals surface area (Å²) in [5, 5.41) is 35.6. The Hall–Kier alpha value is -4.50. The molecule has 0 aliphatic heterocycles. The van der Waals surface area contributed by atoms with Crippen molar-refractivity contribution in [2.24, 2.45) is 11.5 Å². The van der Waals surface area contributed by atoms with Gasteiger partial charge in [0, 0.05) is 23.5 Å². The SMILES string of the molecule is CC(O)C(NC(=O)C(Cc1c[nH]c2ccccc12)NC(=O)C(CC(=O)O)NC(=O)C(N)CC(N)=O)C(=O)O. The number of rotatable bonds is 14. The Bertz CT molecular complexity index is 1210. The second-order valence-corrected chi connectivity index (χ2v) is 8.63. The highest BCUT2D eigenvalue weighted by Gasteiger charge is 2.33. The first-order chi connectivity index (χ1) is 17.8. The van der Waals surface area contributed by atoms with E-state index in [0.717, 1.165) is 12.4 Å². The van der Waals surface area contributed by atoms with Crippen LogP contribution in [0.15, 0.2) is 30.5 Å².